The molecule has 126 valence electrons. The van der Waals surface area contributed by atoms with Crippen LogP contribution in [-0.2, 0) is 14.3 Å². The highest BCUT2D eigenvalue weighted by molar-refractivity contribution is 6.33. The van der Waals surface area contributed by atoms with Crippen LogP contribution >= 0.6 is 11.6 Å². The summed E-state index contributed by atoms with van der Waals surface area (Å²) in [5.74, 6) is 0.414. The Morgan fingerprint density at radius 2 is 1.91 bits per heavy atom. The van der Waals surface area contributed by atoms with Crippen molar-refractivity contribution in [2.24, 2.45) is 5.92 Å². The van der Waals surface area contributed by atoms with E-state index in [1.54, 1.807) is 6.07 Å². The second kappa shape index (κ2) is 7.62. The molecule has 5 nitrogen and oxygen atoms in total. The number of likely N-dealkylation sites (tertiary alicyclic amines) is 1. The Labute approximate surface area is 141 Å². The van der Waals surface area contributed by atoms with Crippen LogP contribution in [0.1, 0.15) is 19.8 Å². The quantitative estimate of drug-likeness (QED) is 0.917. The summed E-state index contributed by atoms with van der Waals surface area (Å²) < 4.78 is 11.2. The van der Waals surface area contributed by atoms with Gasteiger partial charge in [-0.3, -0.25) is 9.69 Å². The van der Waals surface area contributed by atoms with Crippen molar-refractivity contribution >= 4 is 23.2 Å². The minimum absolute atomic E-state index is 0.0232. The molecule has 1 aromatic rings. The van der Waals surface area contributed by atoms with Crippen LogP contribution in [0.15, 0.2) is 24.3 Å². The van der Waals surface area contributed by atoms with Gasteiger partial charge in [0.1, 0.15) is 0 Å². The number of piperidine rings is 1. The third-order valence-corrected chi connectivity index (χ3v) is 5.00. The zero-order valence-electron chi connectivity index (χ0n) is 13.3. The maximum Gasteiger partial charge on any atom is 0.241 e. The normalized spacial score (nSPS) is 22.2. The number of hydrogen-bond donors (Lipinski definition) is 1. The fraction of sp³-hybridized carbons (Fsp3) is 0.588. The van der Waals surface area contributed by atoms with Gasteiger partial charge in [0.25, 0.3) is 0 Å². The van der Waals surface area contributed by atoms with Crippen molar-refractivity contribution in [3.05, 3.63) is 29.3 Å². The summed E-state index contributed by atoms with van der Waals surface area (Å²) in [7, 11) is 0. The molecule has 1 unspecified atom stereocenters. The standard InChI is InChI=1S/C17H23ClN2O3/c1-12(16(21)19-15-5-3-2-4-14(15)18)20-8-6-13(7-9-20)17-22-10-11-23-17/h2-5,12-13,17H,6-11H2,1H3,(H,19,21). The Kier molecular flexibility index (Phi) is 5.54. The van der Waals surface area contributed by atoms with Gasteiger partial charge in [0.15, 0.2) is 6.29 Å². The second-order valence-corrected chi connectivity index (χ2v) is 6.54. The van der Waals surface area contributed by atoms with Gasteiger partial charge in [-0.25, -0.2) is 0 Å². The van der Waals surface area contributed by atoms with Gasteiger partial charge in [-0.05, 0) is 45.0 Å². The van der Waals surface area contributed by atoms with E-state index in [1.807, 2.05) is 25.1 Å². The van der Waals surface area contributed by atoms with Crippen molar-refractivity contribution in [2.45, 2.75) is 32.1 Å². The second-order valence-electron chi connectivity index (χ2n) is 6.13. The molecule has 1 amide bonds. The average molecular weight is 339 g/mol. The molecule has 0 bridgehead atoms. The van der Waals surface area contributed by atoms with Gasteiger partial charge in [-0.2, -0.15) is 0 Å². The lowest BCUT2D eigenvalue weighted by Gasteiger charge is -2.36. The number of para-hydroxylation sites is 1. The highest BCUT2D eigenvalue weighted by Gasteiger charge is 2.33. The van der Waals surface area contributed by atoms with Crippen LogP contribution in [0.5, 0.6) is 0 Å². The van der Waals surface area contributed by atoms with Crippen LogP contribution in [0, 0.1) is 5.92 Å². The van der Waals surface area contributed by atoms with Crippen molar-refractivity contribution in [1.82, 2.24) is 4.90 Å². The molecular formula is C17H23ClN2O3. The number of halogens is 1. The van der Waals surface area contributed by atoms with E-state index in [4.69, 9.17) is 21.1 Å². The molecule has 1 atom stereocenters. The predicted molar refractivity (Wildman–Crippen MR) is 89.5 cm³/mol. The van der Waals surface area contributed by atoms with Crippen LogP contribution in [-0.4, -0.2) is 49.4 Å². The van der Waals surface area contributed by atoms with E-state index >= 15 is 0 Å². The van der Waals surface area contributed by atoms with Crippen molar-refractivity contribution in [2.75, 3.05) is 31.6 Å². The molecule has 2 fully saturated rings. The number of carbonyl (C=O) groups is 1. The highest BCUT2D eigenvalue weighted by Crippen LogP contribution is 2.27. The zero-order chi connectivity index (χ0) is 16.2. The number of anilines is 1. The first kappa shape index (κ1) is 16.7. The first-order chi connectivity index (χ1) is 11.1. The van der Waals surface area contributed by atoms with E-state index in [0.717, 1.165) is 25.9 Å². The average Bonchev–Trinajstić information content (AvgIpc) is 3.11. The summed E-state index contributed by atoms with van der Waals surface area (Å²) in [5, 5.41) is 3.47. The zero-order valence-corrected chi connectivity index (χ0v) is 14.1. The van der Waals surface area contributed by atoms with Gasteiger partial charge in [0, 0.05) is 5.92 Å². The minimum Gasteiger partial charge on any atom is -0.350 e. The molecule has 23 heavy (non-hydrogen) atoms. The molecule has 1 N–H and O–H groups in total. The molecular weight excluding hydrogens is 316 g/mol. The first-order valence-corrected chi connectivity index (χ1v) is 8.55. The number of nitrogens with one attached hydrogen (secondary N) is 1. The molecule has 0 radical (unpaired) electrons. The lowest BCUT2D eigenvalue weighted by Crippen LogP contribution is -2.47. The van der Waals surface area contributed by atoms with Crippen LogP contribution in [0.2, 0.25) is 5.02 Å². The smallest absolute Gasteiger partial charge is 0.241 e. The molecule has 0 aromatic heterocycles. The Morgan fingerprint density at radius 3 is 2.57 bits per heavy atom. The summed E-state index contributed by atoms with van der Waals surface area (Å²) in [5.41, 5.74) is 0.661. The van der Waals surface area contributed by atoms with Gasteiger partial charge in [-0.15, -0.1) is 0 Å². The molecule has 2 saturated heterocycles. The van der Waals surface area contributed by atoms with E-state index in [-0.39, 0.29) is 18.2 Å². The monoisotopic (exact) mass is 338 g/mol. The molecule has 0 spiro atoms. The van der Waals surface area contributed by atoms with E-state index in [1.165, 1.54) is 0 Å². The Hall–Kier alpha value is -1.14. The van der Waals surface area contributed by atoms with Gasteiger partial charge < -0.3 is 14.8 Å². The number of rotatable bonds is 4. The van der Waals surface area contributed by atoms with E-state index in [0.29, 0.717) is 29.8 Å². The van der Waals surface area contributed by atoms with Crippen LogP contribution in [0.3, 0.4) is 0 Å². The Balaban J connectivity index is 1.51. The lowest BCUT2D eigenvalue weighted by molar-refractivity contribution is -0.123. The SMILES string of the molecule is CC(C(=O)Nc1ccccc1Cl)N1CCC(C2OCCO2)CC1. The van der Waals surface area contributed by atoms with Gasteiger partial charge in [0.2, 0.25) is 5.91 Å². The number of ether oxygens (including phenoxy) is 2. The Morgan fingerprint density at radius 1 is 1.26 bits per heavy atom. The third kappa shape index (κ3) is 4.04. The van der Waals surface area contributed by atoms with E-state index in [2.05, 4.69) is 10.2 Å². The fourth-order valence-corrected chi connectivity index (χ4v) is 3.38. The largest absolute Gasteiger partial charge is 0.350 e. The Bertz CT molecular complexity index is 540. The van der Waals surface area contributed by atoms with Gasteiger partial charge in [0.05, 0.1) is 30.0 Å². The lowest BCUT2D eigenvalue weighted by atomic mass is 9.95. The number of amides is 1. The topological polar surface area (TPSA) is 50.8 Å². The van der Waals surface area contributed by atoms with Crippen molar-refractivity contribution in [3.8, 4) is 0 Å². The number of nitrogens with zero attached hydrogens (tertiary/aromatic N) is 1. The van der Waals surface area contributed by atoms with Crippen molar-refractivity contribution in [1.29, 1.82) is 0 Å². The van der Waals surface area contributed by atoms with E-state index in [9.17, 15) is 4.79 Å². The molecule has 0 saturated carbocycles. The molecule has 0 aliphatic carbocycles. The number of hydrogen-bond acceptors (Lipinski definition) is 4. The summed E-state index contributed by atoms with van der Waals surface area (Å²) in [6, 6.07) is 7.11. The number of benzene rings is 1. The van der Waals surface area contributed by atoms with Gasteiger partial charge >= 0.3 is 0 Å². The first-order valence-electron chi connectivity index (χ1n) is 8.18. The summed E-state index contributed by atoms with van der Waals surface area (Å²) >= 11 is 6.09. The predicted octanol–water partition coefficient (Wildman–Crippen LogP) is 2.75. The van der Waals surface area contributed by atoms with Crippen LogP contribution in [0.25, 0.3) is 0 Å². The molecule has 2 aliphatic rings. The van der Waals surface area contributed by atoms with Gasteiger partial charge in [-0.1, -0.05) is 23.7 Å². The number of carbonyl (C=O) groups excluding carboxylic acids is 1. The molecule has 3 rings (SSSR count). The third-order valence-electron chi connectivity index (χ3n) is 4.67. The maximum atomic E-state index is 12.4. The highest BCUT2D eigenvalue weighted by atomic mass is 35.5. The molecule has 2 aliphatic heterocycles. The van der Waals surface area contributed by atoms with Crippen molar-refractivity contribution < 1.29 is 14.3 Å². The molecule has 2 heterocycles. The van der Waals surface area contributed by atoms with Crippen molar-refractivity contribution in [3.63, 3.8) is 0 Å². The maximum absolute atomic E-state index is 12.4. The molecule has 1 aromatic carbocycles. The van der Waals surface area contributed by atoms with E-state index < -0.39 is 0 Å². The summed E-state index contributed by atoms with van der Waals surface area (Å²) in [4.78, 5) is 14.6. The summed E-state index contributed by atoms with van der Waals surface area (Å²) in [6.07, 6.45) is 1.94. The minimum atomic E-state index is -0.183. The summed E-state index contributed by atoms with van der Waals surface area (Å²) in [6.45, 7) is 5.09. The fourth-order valence-electron chi connectivity index (χ4n) is 3.19. The van der Waals surface area contributed by atoms with Crippen LogP contribution < -0.4 is 5.32 Å². The van der Waals surface area contributed by atoms with Crippen LogP contribution in [0.4, 0.5) is 5.69 Å². The molecule has 6 heteroatoms.